The molecule has 1 heterocycles. The van der Waals surface area contributed by atoms with E-state index in [0.29, 0.717) is 6.04 Å². The molecule has 1 unspecified atom stereocenters. The molecule has 0 spiro atoms. The first-order valence-corrected chi connectivity index (χ1v) is 7.16. The Morgan fingerprint density at radius 1 is 1.16 bits per heavy atom. The summed E-state index contributed by atoms with van der Waals surface area (Å²) in [5, 5.41) is 3.53. The number of rotatable bonds is 7. The molecule has 0 saturated heterocycles. The number of unbranched alkanes of at least 4 members (excludes halogenated alkanes) is 3. The lowest BCUT2D eigenvalue weighted by molar-refractivity contribution is 0.537. The maximum absolute atomic E-state index is 11.2. The van der Waals surface area contributed by atoms with Gasteiger partial charge in [0.1, 0.15) is 0 Å². The van der Waals surface area contributed by atoms with Crippen molar-refractivity contribution in [2.45, 2.75) is 45.6 Å². The Kier molecular flexibility index (Phi) is 4.80. The zero-order valence-electron chi connectivity index (χ0n) is 11.8. The van der Waals surface area contributed by atoms with Crippen LogP contribution in [-0.2, 0) is 0 Å². The average molecular weight is 261 g/mol. The van der Waals surface area contributed by atoms with E-state index in [9.17, 15) is 4.79 Å². The van der Waals surface area contributed by atoms with Crippen LogP contribution in [0, 0.1) is 0 Å². The van der Waals surface area contributed by atoms with Gasteiger partial charge in [0.05, 0.1) is 11.0 Å². The molecular weight excluding hydrogens is 238 g/mol. The van der Waals surface area contributed by atoms with Crippen LogP contribution in [0.3, 0.4) is 0 Å². The van der Waals surface area contributed by atoms with Crippen molar-refractivity contribution in [1.82, 2.24) is 15.3 Å². The van der Waals surface area contributed by atoms with Crippen LogP contribution in [-0.4, -0.2) is 16.5 Å². The van der Waals surface area contributed by atoms with Crippen molar-refractivity contribution in [1.29, 1.82) is 0 Å². The number of fused-ring (bicyclic) bond motifs is 1. The van der Waals surface area contributed by atoms with Crippen LogP contribution in [0.25, 0.3) is 11.0 Å². The molecule has 1 aromatic heterocycles. The lowest BCUT2D eigenvalue weighted by atomic mass is 10.1. The van der Waals surface area contributed by atoms with Crippen molar-refractivity contribution in [2.75, 3.05) is 6.54 Å². The van der Waals surface area contributed by atoms with E-state index in [2.05, 4.69) is 35.2 Å². The summed E-state index contributed by atoms with van der Waals surface area (Å²) in [6.45, 7) is 5.43. The summed E-state index contributed by atoms with van der Waals surface area (Å²) in [7, 11) is 0. The molecule has 3 N–H and O–H groups in total. The van der Waals surface area contributed by atoms with Gasteiger partial charge in [0, 0.05) is 6.04 Å². The molecule has 2 aromatic rings. The van der Waals surface area contributed by atoms with Gasteiger partial charge in [-0.2, -0.15) is 0 Å². The van der Waals surface area contributed by atoms with Crippen LogP contribution in [0.1, 0.15) is 51.1 Å². The van der Waals surface area contributed by atoms with E-state index in [-0.39, 0.29) is 5.69 Å². The number of aromatic amines is 2. The van der Waals surface area contributed by atoms with Gasteiger partial charge in [-0.25, -0.2) is 4.79 Å². The first-order valence-electron chi connectivity index (χ1n) is 7.16. The standard InChI is InChI=1S/C15H23N3O/c1-3-4-5-6-9-16-11(2)12-7-8-13-14(10-12)18-15(19)17-13/h7-8,10-11,16H,3-6,9H2,1-2H3,(H2,17,18,19). The van der Waals surface area contributed by atoms with Crippen molar-refractivity contribution in [3.63, 3.8) is 0 Å². The van der Waals surface area contributed by atoms with Crippen LogP contribution in [0.4, 0.5) is 0 Å². The molecule has 104 valence electrons. The minimum Gasteiger partial charge on any atom is -0.310 e. The predicted octanol–water partition coefficient (Wildman–Crippen LogP) is 3.09. The molecule has 19 heavy (non-hydrogen) atoms. The lowest BCUT2D eigenvalue weighted by Gasteiger charge is -2.14. The molecule has 0 saturated carbocycles. The number of hydrogen-bond acceptors (Lipinski definition) is 2. The first kappa shape index (κ1) is 13.9. The van der Waals surface area contributed by atoms with Gasteiger partial charge in [-0.3, -0.25) is 0 Å². The van der Waals surface area contributed by atoms with Crippen molar-refractivity contribution in [2.24, 2.45) is 0 Å². The Morgan fingerprint density at radius 3 is 2.74 bits per heavy atom. The van der Waals surface area contributed by atoms with E-state index in [4.69, 9.17) is 0 Å². The molecule has 0 aliphatic rings. The summed E-state index contributed by atoms with van der Waals surface area (Å²) in [6.07, 6.45) is 5.10. The van der Waals surface area contributed by atoms with Gasteiger partial charge in [-0.15, -0.1) is 0 Å². The second-order valence-electron chi connectivity index (χ2n) is 5.12. The molecule has 0 radical (unpaired) electrons. The van der Waals surface area contributed by atoms with E-state index >= 15 is 0 Å². The maximum Gasteiger partial charge on any atom is 0.323 e. The zero-order chi connectivity index (χ0) is 13.7. The highest BCUT2D eigenvalue weighted by Crippen LogP contribution is 2.17. The van der Waals surface area contributed by atoms with Gasteiger partial charge < -0.3 is 15.3 Å². The SMILES string of the molecule is CCCCCCNC(C)c1ccc2[nH]c(=O)[nH]c2c1. The smallest absolute Gasteiger partial charge is 0.310 e. The van der Waals surface area contributed by atoms with E-state index in [1.54, 1.807) is 0 Å². The third kappa shape index (κ3) is 3.70. The Morgan fingerprint density at radius 2 is 1.95 bits per heavy atom. The van der Waals surface area contributed by atoms with E-state index in [1.807, 2.05) is 12.1 Å². The normalized spacial score (nSPS) is 12.9. The fraction of sp³-hybridized carbons (Fsp3) is 0.533. The third-order valence-corrected chi connectivity index (χ3v) is 3.52. The highest BCUT2D eigenvalue weighted by atomic mass is 16.1. The number of hydrogen-bond donors (Lipinski definition) is 3. The highest BCUT2D eigenvalue weighted by Gasteiger charge is 2.06. The summed E-state index contributed by atoms with van der Waals surface area (Å²) < 4.78 is 0. The Labute approximate surface area is 113 Å². The average Bonchev–Trinajstić information content (AvgIpc) is 2.77. The Bertz CT molecular complexity index is 570. The van der Waals surface area contributed by atoms with Crippen LogP contribution < -0.4 is 11.0 Å². The van der Waals surface area contributed by atoms with Crippen molar-refractivity contribution in [3.05, 3.63) is 34.2 Å². The monoisotopic (exact) mass is 261 g/mol. The second kappa shape index (κ2) is 6.57. The zero-order valence-corrected chi connectivity index (χ0v) is 11.8. The van der Waals surface area contributed by atoms with Crippen molar-refractivity contribution >= 4 is 11.0 Å². The summed E-state index contributed by atoms with van der Waals surface area (Å²) in [5.74, 6) is 0. The second-order valence-corrected chi connectivity index (χ2v) is 5.12. The quantitative estimate of drug-likeness (QED) is 0.671. The largest absolute Gasteiger partial charge is 0.323 e. The maximum atomic E-state index is 11.2. The van der Waals surface area contributed by atoms with Crippen LogP contribution in [0.15, 0.2) is 23.0 Å². The van der Waals surface area contributed by atoms with Crippen LogP contribution in [0.5, 0.6) is 0 Å². The first-order chi connectivity index (χ1) is 9.20. The summed E-state index contributed by atoms with van der Waals surface area (Å²) >= 11 is 0. The molecule has 0 aliphatic heterocycles. The summed E-state index contributed by atoms with van der Waals surface area (Å²) in [5.41, 5.74) is 2.80. The van der Waals surface area contributed by atoms with Crippen LogP contribution in [0.2, 0.25) is 0 Å². The van der Waals surface area contributed by atoms with Gasteiger partial charge in [0.2, 0.25) is 0 Å². The predicted molar refractivity (Wildman–Crippen MR) is 79.5 cm³/mol. The third-order valence-electron chi connectivity index (χ3n) is 3.52. The molecule has 0 fully saturated rings. The lowest BCUT2D eigenvalue weighted by Crippen LogP contribution is -2.19. The van der Waals surface area contributed by atoms with Crippen molar-refractivity contribution < 1.29 is 0 Å². The topological polar surface area (TPSA) is 60.7 Å². The molecule has 0 bridgehead atoms. The van der Waals surface area contributed by atoms with Crippen LogP contribution >= 0.6 is 0 Å². The van der Waals surface area contributed by atoms with Gasteiger partial charge in [-0.05, 0) is 37.6 Å². The Hall–Kier alpha value is -1.55. The van der Waals surface area contributed by atoms with Gasteiger partial charge in [-0.1, -0.05) is 32.3 Å². The summed E-state index contributed by atoms with van der Waals surface area (Å²) in [4.78, 5) is 16.8. The molecule has 2 rings (SSSR count). The van der Waals surface area contributed by atoms with E-state index < -0.39 is 0 Å². The van der Waals surface area contributed by atoms with E-state index in [0.717, 1.165) is 17.6 Å². The van der Waals surface area contributed by atoms with Gasteiger partial charge >= 0.3 is 5.69 Å². The number of nitrogens with one attached hydrogen (secondary N) is 3. The summed E-state index contributed by atoms with van der Waals surface area (Å²) in [6, 6.07) is 6.37. The minimum atomic E-state index is -0.146. The number of H-pyrrole nitrogens is 2. The highest BCUT2D eigenvalue weighted by molar-refractivity contribution is 5.75. The Balaban J connectivity index is 1.93. The molecule has 1 atom stereocenters. The minimum absolute atomic E-state index is 0.146. The molecule has 0 amide bonds. The molecule has 1 aromatic carbocycles. The van der Waals surface area contributed by atoms with Gasteiger partial charge in [0.25, 0.3) is 0 Å². The number of aromatic nitrogens is 2. The number of imidazole rings is 1. The molecule has 0 aliphatic carbocycles. The number of benzene rings is 1. The van der Waals surface area contributed by atoms with Gasteiger partial charge in [0.15, 0.2) is 0 Å². The molecular formula is C15H23N3O. The molecule has 4 nitrogen and oxygen atoms in total. The fourth-order valence-corrected chi connectivity index (χ4v) is 2.31. The van der Waals surface area contributed by atoms with E-state index in [1.165, 1.54) is 31.2 Å². The fourth-order valence-electron chi connectivity index (χ4n) is 2.31. The molecule has 4 heteroatoms. The van der Waals surface area contributed by atoms with Crippen molar-refractivity contribution in [3.8, 4) is 0 Å².